The second-order valence-corrected chi connectivity index (χ2v) is 6.45. The van der Waals surface area contributed by atoms with Crippen LogP contribution in [0.3, 0.4) is 0 Å². The number of benzene rings is 1. The van der Waals surface area contributed by atoms with Gasteiger partial charge >= 0.3 is 0 Å². The number of carbonyl (C=O) groups excluding carboxylic acids is 2. The summed E-state index contributed by atoms with van der Waals surface area (Å²) in [5, 5.41) is 7.30. The molecule has 0 atom stereocenters. The quantitative estimate of drug-likeness (QED) is 0.873. The van der Waals surface area contributed by atoms with Crippen LogP contribution in [0.15, 0.2) is 24.3 Å². The van der Waals surface area contributed by atoms with E-state index in [1.165, 1.54) is 0 Å². The molecule has 2 amide bonds. The van der Waals surface area contributed by atoms with E-state index in [9.17, 15) is 9.59 Å². The SMILES string of the molecule is Cc1nn(C)c(C)c1CCC(=O)NCc1ccc(C(=O)N(C)C)cc1. The van der Waals surface area contributed by atoms with Crippen molar-refractivity contribution in [3.63, 3.8) is 0 Å². The van der Waals surface area contributed by atoms with Crippen LogP contribution in [0.5, 0.6) is 0 Å². The molecule has 25 heavy (non-hydrogen) atoms. The topological polar surface area (TPSA) is 67.2 Å². The van der Waals surface area contributed by atoms with Gasteiger partial charge in [-0.25, -0.2) is 0 Å². The van der Waals surface area contributed by atoms with Crippen molar-refractivity contribution in [1.29, 1.82) is 0 Å². The molecule has 1 aromatic heterocycles. The molecule has 6 heteroatoms. The average molecular weight is 342 g/mol. The van der Waals surface area contributed by atoms with Crippen LogP contribution >= 0.6 is 0 Å². The van der Waals surface area contributed by atoms with Crippen molar-refractivity contribution in [2.75, 3.05) is 14.1 Å². The van der Waals surface area contributed by atoms with Crippen LogP contribution in [0.4, 0.5) is 0 Å². The summed E-state index contributed by atoms with van der Waals surface area (Å²) < 4.78 is 1.85. The van der Waals surface area contributed by atoms with Gasteiger partial charge in [0.05, 0.1) is 5.69 Å². The summed E-state index contributed by atoms with van der Waals surface area (Å²) in [6.45, 7) is 4.45. The van der Waals surface area contributed by atoms with Crippen LogP contribution in [0.2, 0.25) is 0 Å². The molecule has 0 aliphatic carbocycles. The molecule has 0 bridgehead atoms. The van der Waals surface area contributed by atoms with E-state index in [1.54, 1.807) is 31.1 Å². The molecule has 2 rings (SSSR count). The molecule has 1 heterocycles. The fourth-order valence-electron chi connectivity index (χ4n) is 2.73. The van der Waals surface area contributed by atoms with Gasteiger partial charge in [0.15, 0.2) is 0 Å². The lowest BCUT2D eigenvalue weighted by Gasteiger charge is -2.11. The number of nitrogens with one attached hydrogen (secondary N) is 1. The normalized spacial score (nSPS) is 10.6. The highest BCUT2D eigenvalue weighted by molar-refractivity contribution is 5.93. The standard InChI is InChI=1S/C19H26N4O2/c1-13-17(14(2)23(5)21-13)10-11-18(24)20-12-15-6-8-16(9-7-15)19(25)22(3)4/h6-9H,10-12H2,1-5H3,(H,20,24). The van der Waals surface area contributed by atoms with Gasteiger partial charge in [-0.2, -0.15) is 5.10 Å². The van der Waals surface area contributed by atoms with Crippen molar-refractivity contribution < 1.29 is 9.59 Å². The Morgan fingerprint density at radius 2 is 1.80 bits per heavy atom. The van der Waals surface area contributed by atoms with Crippen molar-refractivity contribution in [2.24, 2.45) is 7.05 Å². The molecule has 0 aliphatic rings. The minimum Gasteiger partial charge on any atom is -0.352 e. The summed E-state index contributed by atoms with van der Waals surface area (Å²) in [6, 6.07) is 7.30. The Balaban J connectivity index is 1.84. The highest BCUT2D eigenvalue weighted by atomic mass is 16.2. The van der Waals surface area contributed by atoms with E-state index in [1.807, 2.05) is 37.7 Å². The molecule has 6 nitrogen and oxygen atoms in total. The van der Waals surface area contributed by atoms with Gasteiger partial charge < -0.3 is 10.2 Å². The van der Waals surface area contributed by atoms with Crippen molar-refractivity contribution in [2.45, 2.75) is 33.2 Å². The predicted molar refractivity (Wildman–Crippen MR) is 97.3 cm³/mol. The van der Waals surface area contributed by atoms with Crippen molar-refractivity contribution in [1.82, 2.24) is 20.0 Å². The van der Waals surface area contributed by atoms with Crippen molar-refractivity contribution in [3.8, 4) is 0 Å². The summed E-state index contributed by atoms with van der Waals surface area (Å²) in [4.78, 5) is 25.5. The molecule has 0 aliphatic heterocycles. The minimum absolute atomic E-state index is 0.0103. The average Bonchev–Trinajstić information content (AvgIpc) is 2.83. The van der Waals surface area contributed by atoms with E-state index in [2.05, 4.69) is 10.4 Å². The number of aryl methyl sites for hydroxylation is 2. The molecule has 0 saturated carbocycles. The van der Waals surface area contributed by atoms with Crippen LogP contribution in [-0.4, -0.2) is 40.6 Å². The van der Waals surface area contributed by atoms with Crippen molar-refractivity contribution >= 4 is 11.8 Å². The van der Waals surface area contributed by atoms with E-state index < -0.39 is 0 Å². The van der Waals surface area contributed by atoms with Gasteiger partial charge in [0.2, 0.25) is 5.91 Å². The fourth-order valence-corrected chi connectivity index (χ4v) is 2.73. The smallest absolute Gasteiger partial charge is 0.253 e. The molecule has 2 aromatic rings. The molecule has 134 valence electrons. The first-order chi connectivity index (χ1) is 11.8. The first-order valence-electron chi connectivity index (χ1n) is 8.36. The predicted octanol–water partition coefficient (Wildman–Crippen LogP) is 1.99. The number of amides is 2. The molecular weight excluding hydrogens is 316 g/mol. The molecule has 0 spiro atoms. The Hall–Kier alpha value is -2.63. The van der Waals surface area contributed by atoms with E-state index in [0.717, 1.165) is 22.5 Å². The number of rotatable bonds is 6. The third kappa shape index (κ3) is 4.68. The zero-order valence-electron chi connectivity index (χ0n) is 15.6. The van der Waals surface area contributed by atoms with Gasteiger partial charge in [0, 0.05) is 45.4 Å². The first kappa shape index (κ1) is 18.7. The van der Waals surface area contributed by atoms with Gasteiger partial charge in [0.1, 0.15) is 0 Å². The summed E-state index contributed by atoms with van der Waals surface area (Å²) in [5.74, 6) is -0.0195. The summed E-state index contributed by atoms with van der Waals surface area (Å²) in [5.41, 5.74) is 4.84. The molecule has 0 fully saturated rings. The summed E-state index contributed by atoms with van der Waals surface area (Å²) in [6.07, 6.45) is 1.12. The second kappa shape index (κ2) is 7.96. The number of carbonyl (C=O) groups is 2. The van der Waals surface area contributed by atoms with Crippen LogP contribution in [0.25, 0.3) is 0 Å². The lowest BCUT2D eigenvalue weighted by atomic mass is 10.1. The Kier molecular flexibility index (Phi) is 5.96. The van der Waals surface area contributed by atoms with Gasteiger partial charge in [-0.1, -0.05) is 12.1 Å². The van der Waals surface area contributed by atoms with Gasteiger partial charge in [-0.15, -0.1) is 0 Å². The number of nitrogens with zero attached hydrogens (tertiary/aromatic N) is 3. The van der Waals surface area contributed by atoms with Crippen molar-refractivity contribution in [3.05, 3.63) is 52.3 Å². The fraction of sp³-hybridized carbons (Fsp3) is 0.421. The van der Waals surface area contributed by atoms with Crippen LogP contribution in [0.1, 0.15) is 39.3 Å². The molecule has 0 saturated heterocycles. The largest absolute Gasteiger partial charge is 0.352 e. The molecule has 0 unspecified atom stereocenters. The Morgan fingerprint density at radius 1 is 1.16 bits per heavy atom. The number of hydrogen-bond acceptors (Lipinski definition) is 3. The van der Waals surface area contributed by atoms with E-state index in [0.29, 0.717) is 24.9 Å². The summed E-state index contributed by atoms with van der Waals surface area (Å²) >= 11 is 0. The lowest BCUT2D eigenvalue weighted by Crippen LogP contribution is -2.23. The number of aromatic nitrogens is 2. The van der Waals surface area contributed by atoms with Crippen LogP contribution in [0, 0.1) is 13.8 Å². The van der Waals surface area contributed by atoms with Gasteiger partial charge in [0.25, 0.3) is 5.91 Å². The zero-order valence-corrected chi connectivity index (χ0v) is 15.6. The lowest BCUT2D eigenvalue weighted by molar-refractivity contribution is -0.121. The Morgan fingerprint density at radius 3 is 2.32 bits per heavy atom. The van der Waals surface area contributed by atoms with E-state index >= 15 is 0 Å². The maximum absolute atomic E-state index is 12.1. The Bertz CT molecular complexity index is 760. The summed E-state index contributed by atoms with van der Waals surface area (Å²) in [7, 11) is 5.36. The third-order valence-electron chi connectivity index (χ3n) is 4.36. The van der Waals surface area contributed by atoms with E-state index in [4.69, 9.17) is 0 Å². The first-order valence-corrected chi connectivity index (χ1v) is 8.36. The Labute approximate surface area is 148 Å². The van der Waals surface area contributed by atoms with Gasteiger partial charge in [-0.3, -0.25) is 14.3 Å². The molecule has 0 radical (unpaired) electrons. The van der Waals surface area contributed by atoms with Crippen LogP contribution in [-0.2, 0) is 24.8 Å². The maximum Gasteiger partial charge on any atom is 0.253 e. The highest BCUT2D eigenvalue weighted by Crippen LogP contribution is 2.14. The van der Waals surface area contributed by atoms with Gasteiger partial charge in [-0.05, 0) is 43.5 Å². The molecule has 1 aromatic carbocycles. The zero-order chi connectivity index (χ0) is 18.6. The molecular formula is C19H26N4O2. The third-order valence-corrected chi connectivity index (χ3v) is 4.36. The number of hydrogen-bond donors (Lipinski definition) is 1. The van der Waals surface area contributed by atoms with Crippen LogP contribution < -0.4 is 5.32 Å². The molecule has 1 N–H and O–H groups in total. The second-order valence-electron chi connectivity index (χ2n) is 6.45. The monoisotopic (exact) mass is 342 g/mol. The van der Waals surface area contributed by atoms with E-state index in [-0.39, 0.29) is 11.8 Å². The minimum atomic E-state index is -0.0298. The highest BCUT2D eigenvalue weighted by Gasteiger charge is 2.11. The maximum atomic E-state index is 12.1.